The van der Waals surface area contributed by atoms with E-state index in [1.54, 1.807) is 31.0 Å². The van der Waals surface area contributed by atoms with E-state index in [1.165, 1.54) is 0 Å². The average Bonchev–Trinajstić information content (AvgIpc) is 2.55. The second-order valence-corrected chi connectivity index (χ2v) is 5.90. The Morgan fingerprint density at radius 2 is 2.00 bits per heavy atom. The van der Waals surface area contributed by atoms with Gasteiger partial charge in [0.1, 0.15) is 5.75 Å². The molecule has 0 saturated carbocycles. The van der Waals surface area contributed by atoms with Gasteiger partial charge < -0.3 is 14.5 Å². The van der Waals surface area contributed by atoms with Crippen LogP contribution in [0.4, 0.5) is 0 Å². The minimum Gasteiger partial charge on any atom is -0.497 e. The Morgan fingerprint density at radius 3 is 2.55 bits per heavy atom. The molecule has 0 radical (unpaired) electrons. The summed E-state index contributed by atoms with van der Waals surface area (Å²) in [4.78, 5) is 27.8. The number of methoxy groups -OCH3 is 1. The zero-order valence-electron chi connectivity index (χ0n) is 13.7. The van der Waals surface area contributed by atoms with Crippen LogP contribution < -0.4 is 4.74 Å². The Morgan fingerprint density at radius 1 is 1.36 bits per heavy atom. The topological polar surface area (TPSA) is 49.9 Å². The first-order valence-corrected chi connectivity index (χ1v) is 7.58. The first-order chi connectivity index (χ1) is 10.4. The van der Waals surface area contributed by atoms with Crippen molar-refractivity contribution >= 4 is 11.8 Å². The van der Waals surface area contributed by atoms with Crippen molar-refractivity contribution in [2.45, 2.75) is 25.8 Å². The van der Waals surface area contributed by atoms with Gasteiger partial charge in [-0.2, -0.15) is 0 Å². The zero-order valence-corrected chi connectivity index (χ0v) is 13.7. The highest BCUT2D eigenvalue weighted by molar-refractivity contribution is 5.87. The summed E-state index contributed by atoms with van der Waals surface area (Å²) < 4.78 is 5.15. The predicted molar refractivity (Wildman–Crippen MR) is 84.5 cm³/mol. The smallest absolute Gasteiger partial charge is 0.226 e. The van der Waals surface area contributed by atoms with Crippen LogP contribution in [-0.4, -0.2) is 49.4 Å². The molecule has 1 aromatic rings. The number of hydrogen-bond acceptors (Lipinski definition) is 3. The van der Waals surface area contributed by atoms with Gasteiger partial charge in [-0.15, -0.1) is 0 Å². The molecular formula is C17H24N2O3. The van der Waals surface area contributed by atoms with Crippen LogP contribution in [0, 0.1) is 5.92 Å². The summed E-state index contributed by atoms with van der Waals surface area (Å²) in [5, 5.41) is 0. The van der Waals surface area contributed by atoms with Gasteiger partial charge in [-0.05, 0) is 31.0 Å². The van der Waals surface area contributed by atoms with E-state index in [-0.39, 0.29) is 23.8 Å². The van der Waals surface area contributed by atoms with Gasteiger partial charge in [-0.1, -0.05) is 12.1 Å². The molecule has 0 aromatic heterocycles. The molecule has 2 amide bonds. The van der Waals surface area contributed by atoms with Gasteiger partial charge >= 0.3 is 0 Å². The van der Waals surface area contributed by atoms with E-state index < -0.39 is 0 Å². The number of amides is 2. The van der Waals surface area contributed by atoms with E-state index in [9.17, 15) is 9.59 Å². The minimum atomic E-state index is -0.200. The van der Waals surface area contributed by atoms with Crippen molar-refractivity contribution in [2.75, 3.05) is 27.7 Å². The van der Waals surface area contributed by atoms with Crippen molar-refractivity contribution in [1.29, 1.82) is 0 Å². The number of nitrogens with zero attached hydrogens (tertiary/aromatic N) is 2. The van der Waals surface area contributed by atoms with Gasteiger partial charge in [-0.3, -0.25) is 9.59 Å². The Kier molecular flexibility index (Phi) is 5.06. The van der Waals surface area contributed by atoms with Gasteiger partial charge in [0.25, 0.3) is 0 Å². The van der Waals surface area contributed by atoms with Crippen molar-refractivity contribution in [3.8, 4) is 5.75 Å². The number of likely N-dealkylation sites (tertiary alicyclic amines) is 1. The maximum absolute atomic E-state index is 12.6. The normalized spacial score (nSPS) is 19.7. The van der Waals surface area contributed by atoms with Crippen LogP contribution in [0.5, 0.6) is 5.75 Å². The Labute approximate surface area is 131 Å². The summed E-state index contributed by atoms with van der Waals surface area (Å²) in [6, 6.07) is 7.68. The number of carbonyl (C=O) groups excluding carboxylic acids is 2. The number of rotatable bonds is 4. The van der Waals surface area contributed by atoms with Gasteiger partial charge in [0, 0.05) is 33.0 Å². The lowest BCUT2D eigenvalue weighted by atomic mass is 9.94. The number of benzene rings is 1. The quantitative estimate of drug-likeness (QED) is 0.856. The molecule has 0 bridgehead atoms. The summed E-state index contributed by atoms with van der Waals surface area (Å²) in [5.41, 5.74) is 1.05. The molecule has 1 heterocycles. The molecule has 1 aromatic carbocycles. The summed E-state index contributed by atoms with van der Waals surface area (Å²) in [6.07, 6.45) is 1.05. The molecule has 1 aliphatic heterocycles. The number of ether oxygens (including phenoxy) is 1. The molecule has 1 saturated heterocycles. The fourth-order valence-electron chi connectivity index (χ4n) is 2.74. The van der Waals surface area contributed by atoms with Crippen LogP contribution in [-0.2, 0) is 9.59 Å². The lowest BCUT2D eigenvalue weighted by Crippen LogP contribution is -2.43. The summed E-state index contributed by atoms with van der Waals surface area (Å²) >= 11 is 0. The third-order valence-electron chi connectivity index (χ3n) is 4.54. The van der Waals surface area contributed by atoms with E-state index in [1.807, 2.05) is 31.2 Å². The average molecular weight is 304 g/mol. The molecule has 5 heteroatoms. The van der Waals surface area contributed by atoms with Crippen LogP contribution >= 0.6 is 0 Å². The molecule has 22 heavy (non-hydrogen) atoms. The molecule has 1 aliphatic rings. The van der Waals surface area contributed by atoms with Crippen LogP contribution in [0.25, 0.3) is 0 Å². The number of piperidine rings is 1. The number of hydrogen-bond donors (Lipinski definition) is 0. The lowest BCUT2D eigenvalue weighted by Gasteiger charge is -2.33. The zero-order chi connectivity index (χ0) is 16.3. The number of carbonyl (C=O) groups is 2. The van der Waals surface area contributed by atoms with E-state index in [4.69, 9.17) is 4.74 Å². The molecule has 0 spiro atoms. The fraction of sp³-hybridized carbons (Fsp3) is 0.529. The van der Waals surface area contributed by atoms with Gasteiger partial charge in [0.05, 0.1) is 13.2 Å². The second kappa shape index (κ2) is 6.81. The Balaban J connectivity index is 2.04. The highest BCUT2D eigenvalue weighted by atomic mass is 16.5. The Bertz CT molecular complexity index is 541. The first kappa shape index (κ1) is 16.3. The standard InChI is InChI=1S/C17H24N2O3/c1-12(13-5-7-15(22-4)8-6-13)19(3)17(21)14-9-10-18(2)16(20)11-14/h5-8,12,14H,9-11H2,1-4H3. The summed E-state index contributed by atoms with van der Waals surface area (Å²) in [6.45, 7) is 2.65. The van der Waals surface area contributed by atoms with Crippen molar-refractivity contribution in [3.63, 3.8) is 0 Å². The minimum absolute atomic E-state index is 0.0341. The molecule has 5 nitrogen and oxygen atoms in total. The van der Waals surface area contributed by atoms with Crippen molar-refractivity contribution in [3.05, 3.63) is 29.8 Å². The highest BCUT2D eigenvalue weighted by Gasteiger charge is 2.32. The van der Waals surface area contributed by atoms with Crippen LogP contribution in [0.3, 0.4) is 0 Å². The second-order valence-electron chi connectivity index (χ2n) is 5.90. The largest absolute Gasteiger partial charge is 0.497 e. The van der Waals surface area contributed by atoms with Crippen molar-refractivity contribution in [1.82, 2.24) is 9.80 Å². The molecule has 2 rings (SSSR count). The summed E-state index contributed by atoms with van der Waals surface area (Å²) in [7, 11) is 5.22. The third kappa shape index (κ3) is 3.40. The van der Waals surface area contributed by atoms with Crippen LogP contribution in [0.15, 0.2) is 24.3 Å². The first-order valence-electron chi connectivity index (χ1n) is 7.58. The molecular weight excluding hydrogens is 280 g/mol. The SMILES string of the molecule is COc1ccc(C(C)N(C)C(=O)C2CCN(C)C(=O)C2)cc1. The molecule has 120 valence electrons. The maximum Gasteiger partial charge on any atom is 0.226 e. The molecule has 2 unspecified atom stereocenters. The van der Waals surface area contributed by atoms with E-state index in [0.717, 1.165) is 17.7 Å². The van der Waals surface area contributed by atoms with E-state index >= 15 is 0 Å². The predicted octanol–water partition coefficient (Wildman–Crippen LogP) is 2.08. The molecule has 1 fully saturated rings. The van der Waals surface area contributed by atoms with Crippen molar-refractivity contribution < 1.29 is 14.3 Å². The maximum atomic E-state index is 12.6. The fourth-order valence-corrected chi connectivity index (χ4v) is 2.74. The highest BCUT2D eigenvalue weighted by Crippen LogP contribution is 2.26. The van der Waals surface area contributed by atoms with Gasteiger partial charge in [-0.25, -0.2) is 0 Å². The van der Waals surface area contributed by atoms with Crippen LogP contribution in [0.2, 0.25) is 0 Å². The molecule has 0 N–H and O–H groups in total. The molecule has 0 aliphatic carbocycles. The lowest BCUT2D eigenvalue weighted by molar-refractivity contribution is -0.144. The van der Waals surface area contributed by atoms with Crippen molar-refractivity contribution in [2.24, 2.45) is 5.92 Å². The van der Waals surface area contributed by atoms with E-state index in [2.05, 4.69) is 0 Å². The monoisotopic (exact) mass is 304 g/mol. The van der Waals surface area contributed by atoms with Gasteiger partial charge in [0.2, 0.25) is 11.8 Å². The van der Waals surface area contributed by atoms with Crippen LogP contribution in [0.1, 0.15) is 31.4 Å². The third-order valence-corrected chi connectivity index (χ3v) is 4.54. The summed E-state index contributed by atoms with van der Waals surface area (Å²) in [5.74, 6) is 0.695. The Hall–Kier alpha value is -2.04. The van der Waals surface area contributed by atoms with Gasteiger partial charge in [0.15, 0.2) is 0 Å². The molecule has 2 atom stereocenters. The van der Waals surface area contributed by atoms with E-state index in [0.29, 0.717) is 13.0 Å².